The van der Waals surface area contributed by atoms with Crippen LogP contribution in [0.4, 0.5) is 5.69 Å². The Morgan fingerprint density at radius 3 is 3.06 bits per heavy atom. The van der Waals surface area contributed by atoms with Gasteiger partial charge in [0.2, 0.25) is 0 Å². The molecule has 0 radical (unpaired) electrons. The van der Waals surface area contributed by atoms with E-state index in [1.165, 1.54) is 5.56 Å². The SMILES string of the molecule is Cn1ncc(Cl)c1C(O)c1cccc2c1NCC2. The van der Waals surface area contributed by atoms with Gasteiger partial charge in [0, 0.05) is 24.8 Å². The summed E-state index contributed by atoms with van der Waals surface area (Å²) in [5.41, 5.74) is 3.75. The first-order valence-electron chi connectivity index (χ1n) is 5.89. The number of fused-ring (bicyclic) bond motifs is 1. The quantitative estimate of drug-likeness (QED) is 0.873. The Hall–Kier alpha value is -1.52. The van der Waals surface area contributed by atoms with Gasteiger partial charge in [0.25, 0.3) is 0 Å². The Morgan fingerprint density at radius 2 is 2.33 bits per heavy atom. The van der Waals surface area contributed by atoms with Gasteiger partial charge in [-0.1, -0.05) is 29.8 Å². The topological polar surface area (TPSA) is 50.1 Å². The second-order valence-corrected chi connectivity index (χ2v) is 4.87. The highest BCUT2D eigenvalue weighted by Crippen LogP contribution is 2.35. The summed E-state index contributed by atoms with van der Waals surface area (Å²) in [5, 5.41) is 18.4. The van der Waals surface area contributed by atoms with Gasteiger partial charge in [0.05, 0.1) is 16.9 Å². The molecule has 2 aromatic rings. The predicted molar refractivity (Wildman–Crippen MR) is 70.9 cm³/mol. The van der Waals surface area contributed by atoms with E-state index in [1.54, 1.807) is 17.9 Å². The van der Waals surface area contributed by atoms with Gasteiger partial charge in [-0.05, 0) is 12.0 Å². The average Bonchev–Trinajstić information content (AvgIpc) is 2.95. The summed E-state index contributed by atoms with van der Waals surface area (Å²) in [6.07, 6.45) is 1.79. The van der Waals surface area contributed by atoms with Gasteiger partial charge in [-0.15, -0.1) is 0 Å². The van der Waals surface area contributed by atoms with E-state index < -0.39 is 6.10 Å². The molecular weight excluding hydrogens is 250 g/mol. The minimum Gasteiger partial charge on any atom is -0.384 e. The van der Waals surface area contributed by atoms with E-state index in [4.69, 9.17) is 11.6 Å². The van der Waals surface area contributed by atoms with Crippen LogP contribution < -0.4 is 5.32 Å². The smallest absolute Gasteiger partial charge is 0.124 e. The molecule has 1 aromatic heterocycles. The van der Waals surface area contributed by atoms with Crippen molar-refractivity contribution in [1.82, 2.24) is 9.78 Å². The van der Waals surface area contributed by atoms with Crippen molar-refractivity contribution < 1.29 is 5.11 Å². The normalized spacial score (nSPS) is 15.3. The molecule has 1 unspecified atom stereocenters. The maximum Gasteiger partial charge on any atom is 0.124 e. The van der Waals surface area contributed by atoms with Crippen molar-refractivity contribution in [3.63, 3.8) is 0 Å². The highest BCUT2D eigenvalue weighted by atomic mass is 35.5. The number of benzene rings is 1. The molecule has 1 aromatic carbocycles. The zero-order valence-electron chi connectivity index (χ0n) is 10.0. The van der Waals surface area contributed by atoms with Crippen molar-refractivity contribution in [2.75, 3.05) is 11.9 Å². The molecule has 0 saturated carbocycles. The number of rotatable bonds is 2. The lowest BCUT2D eigenvalue weighted by molar-refractivity contribution is 0.210. The molecular formula is C13H14ClN3O. The van der Waals surface area contributed by atoms with Crippen LogP contribution in [0.25, 0.3) is 0 Å². The Morgan fingerprint density at radius 1 is 1.50 bits per heavy atom. The van der Waals surface area contributed by atoms with E-state index in [1.807, 2.05) is 12.1 Å². The van der Waals surface area contributed by atoms with Crippen LogP contribution in [0.1, 0.15) is 22.9 Å². The van der Waals surface area contributed by atoms with Gasteiger partial charge in [-0.2, -0.15) is 5.10 Å². The molecule has 0 saturated heterocycles. The van der Waals surface area contributed by atoms with Gasteiger partial charge in [0.1, 0.15) is 6.10 Å². The summed E-state index contributed by atoms with van der Waals surface area (Å²) >= 11 is 6.08. The number of hydrogen-bond acceptors (Lipinski definition) is 3. The fourth-order valence-electron chi connectivity index (χ4n) is 2.47. The molecule has 2 heterocycles. The first-order chi connectivity index (χ1) is 8.68. The molecule has 0 bridgehead atoms. The Kier molecular flexibility index (Phi) is 2.76. The van der Waals surface area contributed by atoms with Crippen LogP contribution in [-0.2, 0) is 13.5 Å². The van der Waals surface area contributed by atoms with Crippen LogP contribution in [0.5, 0.6) is 0 Å². The van der Waals surface area contributed by atoms with Gasteiger partial charge < -0.3 is 10.4 Å². The third kappa shape index (κ3) is 1.69. The van der Waals surface area contributed by atoms with Crippen LogP contribution in [0.3, 0.4) is 0 Å². The van der Waals surface area contributed by atoms with E-state index >= 15 is 0 Å². The molecule has 5 heteroatoms. The molecule has 0 aliphatic carbocycles. The van der Waals surface area contributed by atoms with Crippen molar-refractivity contribution in [2.45, 2.75) is 12.5 Å². The molecule has 0 amide bonds. The molecule has 18 heavy (non-hydrogen) atoms. The molecule has 1 aliphatic heterocycles. The van der Waals surface area contributed by atoms with Crippen LogP contribution in [0.2, 0.25) is 5.02 Å². The molecule has 3 rings (SSSR count). The number of nitrogens with one attached hydrogen (secondary N) is 1. The third-order valence-corrected chi connectivity index (χ3v) is 3.66. The van der Waals surface area contributed by atoms with Crippen molar-refractivity contribution >= 4 is 17.3 Å². The van der Waals surface area contributed by atoms with E-state index in [9.17, 15) is 5.11 Å². The lowest BCUT2D eigenvalue weighted by atomic mass is 10.0. The number of aromatic nitrogens is 2. The second kappa shape index (κ2) is 4.30. The van der Waals surface area contributed by atoms with Crippen LogP contribution >= 0.6 is 11.6 Å². The van der Waals surface area contributed by atoms with Crippen LogP contribution in [0, 0.1) is 0 Å². The van der Waals surface area contributed by atoms with Crippen LogP contribution in [-0.4, -0.2) is 21.4 Å². The summed E-state index contributed by atoms with van der Waals surface area (Å²) < 4.78 is 1.61. The number of nitrogens with zero attached hydrogens (tertiary/aromatic N) is 2. The van der Waals surface area contributed by atoms with Gasteiger partial charge in [-0.3, -0.25) is 4.68 Å². The molecule has 2 N–H and O–H groups in total. The summed E-state index contributed by atoms with van der Waals surface area (Å²) in [7, 11) is 1.78. The number of hydrogen-bond donors (Lipinski definition) is 2. The van der Waals surface area contributed by atoms with Gasteiger partial charge in [-0.25, -0.2) is 0 Å². The number of anilines is 1. The Labute approximate surface area is 110 Å². The van der Waals surface area contributed by atoms with Crippen molar-refractivity contribution in [2.24, 2.45) is 7.05 Å². The van der Waals surface area contributed by atoms with E-state index in [0.717, 1.165) is 24.2 Å². The summed E-state index contributed by atoms with van der Waals surface area (Å²) in [5.74, 6) is 0. The standard InChI is InChI=1S/C13H14ClN3O/c1-17-12(10(14)7-16-17)13(18)9-4-2-3-8-5-6-15-11(8)9/h2-4,7,13,15,18H,5-6H2,1H3. The number of halogens is 1. The first kappa shape index (κ1) is 11.6. The maximum absolute atomic E-state index is 10.5. The lowest BCUT2D eigenvalue weighted by Gasteiger charge is -2.16. The molecule has 4 nitrogen and oxygen atoms in total. The third-order valence-electron chi connectivity index (χ3n) is 3.37. The van der Waals surface area contributed by atoms with Crippen molar-refractivity contribution in [3.8, 4) is 0 Å². The van der Waals surface area contributed by atoms with Gasteiger partial charge in [0.15, 0.2) is 0 Å². The first-order valence-corrected chi connectivity index (χ1v) is 6.27. The summed E-state index contributed by atoms with van der Waals surface area (Å²) in [4.78, 5) is 0. The van der Waals surface area contributed by atoms with E-state index in [2.05, 4.69) is 16.5 Å². The fraction of sp³-hybridized carbons (Fsp3) is 0.308. The van der Waals surface area contributed by atoms with Crippen molar-refractivity contribution in [1.29, 1.82) is 0 Å². The fourth-order valence-corrected chi connectivity index (χ4v) is 2.74. The summed E-state index contributed by atoms with van der Waals surface area (Å²) in [6, 6.07) is 5.97. The summed E-state index contributed by atoms with van der Waals surface area (Å²) in [6.45, 7) is 0.915. The minimum atomic E-state index is -0.759. The minimum absolute atomic E-state index is 0.487. The van der Waals surface area contributed by atoms with Crippen LogP contribution in [0.15, 0.2) is 24.4 Å². The highest BCUT2D eigenvalue weighted by Gasteiger charge is 2.24. The molecule has 0 spiro atoms. The molecule has 1 aliphatic rings. The Balaban J connectivity index is 2.08. The van der Waals surface area contributed by atoms with Crippen molar-refractivity contribution in [3.05, 3.63) is 46.2 Å². The molecule has 0 fully saturated rings. The monoisotopic (exact) mass is 263 g/mol. The zero-order chi connectivity index (χ0) is 12.7. The lowest BCUT2D eigenvalue weighted by Crippen LogP contribution is -2.09. The Bertz CT molecular complexity index is 574. The number of para-hydroxylation sites is 1. The van der Waals surface area contributed by atoms with Gasteiger partial charge >= 0.3 is 0 Å². The zero-order valence-corrected chi connectivity index (χ0v) is 10.8. The number of aryl methyl sites for hydroxylation is 1. The predicted octanol–water partition coefficient (Wildman–Crippen LogP) is 2.12. The second-order valence-electron chi connectivity index (χ2n) is 4.46. The molecule has 1 atom stereocenters. The van der Waals surface area contributed by atoms with E-state index in [-0.39, 0.29) is 0 Å². The highest BCUT2D eigenvalue weighted by molar-refractivity contribution is 6.31. The maximum atomic E-state index is 10.5. The number of aliphatic hydroxyl groups excluding tert-OH is 1. The largest absolute Gasteiger partial charge is 0.384 e. The number of aliphatic hydroxyl groups is 1. The molecule has 94 valence electrons. The van der Waals surface area contributed by atoms with E-state index in [0.29, 0.717) is 10.7 Å². The average molecular weight is 264 g/mol.